The maximum absolute atomic E-state index is 13.4. The maximum Gasteiger partial charge on any atom is 0.226 e. The molecule has 1 N–H and O–H groups in total. The number of alkyl halides is 2. The lowest BCUT2D eigenvalue weighted by molar-refractivity contribution is 0.251. The summed E-state index contributed by atoms with van der Waals surface area (Å²) in [5.74, 6) is 0.889. The van der Waals surface area contributed by atoms with Crippen LogP contribution in [0.4, 0.5) is 0 Å². The van der Waals surface area contributed by atoms with E-state index in [0.29, 0.717) is 22.0 Å². The summed E-state index contributed by atoms with van der Waals surface area (Å²) in [7, 11) is -3.86. The third kappa shape index (κ3) is 3.21. The zero-order chi connectivity index (χ0) is 19.7. The lowest BCUT2D eigenvalue weighted by Gasteiger charge is -2.14. The van der Waals surface area contributed by atoms with Crippen LogP contribution in [0.15, 0.2) is 70.6 Å². The molecule has 5 nitrogen and oxygen atoms in total. The van der Waals surface area contributed by atoms with Crippen LogP contribution in [0.2, 0.25) is 0 Å². The summed E-state index contributed by atoms with van der Waals surface area (Å²) in [4.78, 5) is 0.213. The Morgan fingerprint density at radius 2 is 1.61 bits per heavy atom. The highest BCUT2D eigenvalue weighted by atomic mass is 35.5. The van der Waals surface area contributed by atoms with Crippen LogP contribution in [0.5, 0.6) is 5.75 Å². The second-order valence-corrected chi connectivity index (χ2v) is 8.69. The fourth-order valence-corrected chi connectivity index (χ4v) is 5.14. The molecule has 0 aliphatic carbocycles. The van der Waals surface area contributed by atoms with Crippen LogP contribution in [0.25, 0.3) is 21.7 Å². The van der Waals surface area contributed by atoms with Crippen LogP contribution < -0.4 is 4.74 Å². The van der Waals surface area contributed by atoms with Crippen molar-refractivity contribution in [1.29, 1.82) is 0 Å². The zero-order valence-corrected chi connectivity index (χ0v) is 16.9. The standard InChI is InChI=1S/C20H16Cl2N2O3S/c21-11-14(12-22)27-17-9-4-8-16-19(17)23-24-20(16)28(25,26)18-10-3-6-13-5-1-2-7-15(13)18/h1-10,14H,11-12H2,(H,23,24). The van der Waals surface area contributed by atoms with Crippen molar-refractivity contribution < 1.29 is 13.2 Å². The minimum absolute atomic E-state index is 0.0439. The normalized spacial score (nSPS) is 12.1. The number of aromatic nitrogens is 2. The Bertz CT molecular complexity index is 1250. The van der Waals surface area contributed by atoms with Gasteiger partial charge in [0.05, 0.1) is 16.7 Å². The fourth-order valence-electron chi connectivity index (χ4n) is 3.11. The molecular weight excluding hydrogens is 419 g/mol. The Hall–Kier alpha value is -2.28. The second-order valence-electron chi connectivity index (χ2n) is 6.24. The SMILES string of the molecule is O=S(=O)(c1cccc2ccccc12)c1n[nH]c2c(OC(CCl)CCl)cccc12. The van der Waals surface area contributed by atoms with E-state index in [1.807, 2.05) is 24.3 Å². The van der Waals surface area contributed by atoms with Crippen molar-refractivity contribution in [3.05, 3.63) is 60.7 Å². The molecule has 0 bridgehead atoms. The molecule has 4 aromatic rings. The first-order chi connectivity index (χ1) is 13.6. The average molecular weight is 435 g/mol. The number of hydrogen-bond donors (Lipinski definition) is 1. The third-order valence-electron chi connectivity index (χ3n) is 4.46. The number of benzene rings is 3. The van der Waals surface area contributed by atoms with Gasteiger partial charge in [-0.1, -0.05) is 42.5 Å². The van der Waals surface area contributed by atoms with E-state index in [1.54, 1.807) is 36.4 Å². The van der Waals surface area contributed by atoms with E-state index in [2.05, 4.69) is 10.2 Å². The number of ether oxygens (including phenoxy) is 1. The Morgan fingerprint density at radius 1 is 0.929 bits per heavy atom. The van der Waals surface area contributed by atoms with Crippen molar-refractivity contribution >= 4 is 54.7 Å². The van der Waals surface area contributed by atoms with Crippen molar-refractivity contribution in [2.45, 2.75) is 16.0 Å². The van der Waals surface area contributed by atoms with Gasteiger partial charge in [0.1, 0.15) is 17.4 Å². The van der Waals surface area contributed by atoms with Crippen molar-refractivity contribution in [2.75, 3.05) is 11.8 Å². The van der Waals surface area contributed by atoms with Gasteiger partial charge in [-0.2, -0.15) is 5.10 Å². The minimum Gasteiger partial charge on any atom is -0.486 e. The average Bonchev–Trinajstić information content (AvgIpc) is 3.17. The van der Waals surface area contributed by atoms with E-state index < -0.39 is 15.9 Å². The Labute approximate surface area is 172 Å². The molecule has 0 radical (unpaired) electrons. The predicted octanol–water partition coefficient (Wildman–Crippen LogP) is 4.77. The lowest BCUT2D eigenvalue weighted by atomic mass is 10.1. The van der Waals surface area contributed by atoms with Crippen LogP contribution in [0.1, 0.15) is 0 Å². The summed E-state index contributed by atoms with van der Waals surface area (Å²) < 4.78 is 32.6. The molecule has 0 saturated heterocycles. The molecule has 0 fully saturated rings. The van der Waals surface area contributed by atoms with Gasteiger partial charge in [-0.15, -0.1) is 23.2 Å². The molecule has 4 rings (SSSR count). The van der Waals surface area contributed by atoms with Gasteiger partial charge >= 0.3 is 0 Å². The van der Waals surface area contributed by atoms with Crippen LogP contribution in [0, 0.1) is 0 Å². The predicted molar refractivity (Wildman–Crippen MR) is 111 cm³/mol. The van der Waals surface area contributed by atoms with Gasteiger partial charge in [-0.3, -0.25) is 5.10 Å². The first-order valence-electron chi connectivity index (χ1n) is 8.55. The van der Waals surface area contributed by atoms with Crippen molar-refractivity contribution in [2.24, 2.45) is 0 Å². The number of fused-ring (bicyclic) bond motifs is 2. The molecule has 0 unspecified atom stereocenters. The second kappa shape index (κ2) is 7.62. The molecule has 0 saturated carbocycles. The summed E-state index contributed by atoms with van der Waals surface area (Å²) >= 11 is 11.7. The maximum atomic E-state index is 13.4. The molecule has 0 aliphatic heterocycles. The smallest absolute Gasteiger partial charge is 0.226 e. The number of para-hydroxylation sites is 1. The first kappa shape index (κ1) is 19.1. The van der Waals surface area contributed by atoms with Gasteiger partial charge in [-0.05, 0) is 23.6 Å². The number of sulfone groups is 1. The molecule has 0 spiro atoms. The molecule has 1 heterocycles. The molecule has 0 atom stereocenters. The van der Waals surface area contributed by atoms with Crippen LogP contribution in [0.3, 0.4) is 0 Å². The molecule has 1 aromatic heterocycles. The van der Waals surface area contributed by atoms with Crippen molar-refractivity contribution in [3.8, 4) is 5.75 Å². The largest absolute Gasteiger partial charge is 0.486 e. The summed E-state index contributed by atoms with van der Waals surface area (Å²) in [6.45, 7) is 0. The van der Waals surface area contributed by atoms with Crippen LogP contribution in [-0.2, 0) is 9.84 Å². The molecule has 28 heavy (non-hydrogen) atoms. The van der Waals surface area contributed by atoms with Gasteiger partial charge < -0.3 is 4.74 Å². The summed E-state index contributed by atoms with van der Waals surface area (Å²) in [5.41, 5.74) is 0.488. The first-order valence-corrected chi connectivity index (χ1v) is 11.1. The summed E-state index contributed by atoms with van der Waals surface area (Å²) in [5, 5.41) is 8.81. The Morgan fingerprint density at radius 3 is 2.39 bits per heavy atom. The molecule has 3 aromatic carbocycles. The number of nitrogens with one attached hydrogen (secondary N) is 1. The number of aromatic amines is 1. The molecule has 144 valence electrons. The van der Waals surface area contributed by atoms with Crippen LogP contribution >= 0.6 is 23.2 Å². The topological polar surface area (TPSA) is 72.0 Å². The quantitative estimate of drug-likeness (QED) is 0.443. The molecule has 0 aliphatic rings. The van der Waals surface area contributed by atoms with E-state index in [0.717, 1.165) is 5.39 Å². The van der Waals surface area contributed by atoms with E-state index in [-0.39, 0.29) is 21.7 Å². The van der Waals surface area contributed by atoms with E-state index in [1.165, 1.54) is 0 Å². The number of H-pyrrole nitrogens is 1. The monoisotopic (exact) mass is 434 g/mol. The van der Waals surface area contributed by atoms with Gasteiger partial charge in [0, 0.05) is 10.8 Å². The Balaban J connectivity index is 1.87. The van der Waals surface area contributed by atoms with Crippen molar-refractivity contribution in [1.82, 2.24) is 10.2 Å². The number of rotatable bonds is 6. The van der Waals surface area contributed by atoms with E-state index in [9.17, 15) is 8.42 Å². The number of halogens is 2. The highest BCUT2D eigenvalue weighted by molar-refractivity contribution is 7.91. The highest BCUT2D eigenvalue weighted by Crippen LogP contribution is 2.34. The van der Waals surface area contributed by atoms with E-state index in [4.69, 9.17) is 27.9 Å². The zero-order valence-electron chi connectivity index (χ0n) is 14.6. The van der Waals surface area contributed by atoms with Crippen LogP contribution in [-0.4, -0.2) is 36.5 Å². The number of nitrogens with zero attached hydrogens (tertiary/aromatic N) is 1. The van der Waals surface area contributed by atoms with Gasteiger partial charge in [0.2, 0.25) is 9.84 Å². The highest BCUT2D eigenvalue weighted by Gasteiger charge is 2.26. The summed E-state index contributed by atoms with van der Waals surface area (Å²) in [6.07, 6.45) is -0.393. The number of hydrogen-bond acceptors (Lipinski definition) is 4. The lowest BCUT2D eigenvalue weighted by Crippen LogP contribution is -2.20. The molecule has 0 amide bonds. The Kier molecular flexibility index (Phi) is 5.19. The third-order valence-corrected chi connectivity index (χ3v) is 6.90. The molecular formula is C20H16Cl2N2O3S. The van der Waals surface area contributed by atoms with Gasteiger partial charge in [0.25, 0.3) is 0 Å². The van der Waals surface area contributed by atoms with Gasteiger partial charge in [-0.25, -0.2) is 8.42 Å². The fraction of sp³-hybridized carbons (Fsp3) is 0.150. The van der Waals surface area contributed by atoms with E-state index >= 15 is 0 Å². The minimum atomic E-state index is -3.86. The molecule has 8 heteroatoms. The van der Waals surface area contributed by atoms with Gasteiger partial charge in [0.15, 0.2) is 5.03 Å². The summed E-state index contributed by atoms with van der Waals surface area (Å²) in [6, 6.07) is 17.7. The van der Waals surface area contributed by atoms with Crippen molar-refractivity contribution in [3.63, 3.8) is 0 Å².